The van der Waals surface area contributed by atoms with E-state index in [1.165, 1.54) is 12.1 Å². The molecule has 2 N–H and O–H groups in total. The maximum Gasteiger partial charge on any atom is 0.258 e. The number of hydrogen-bond donors (Lipinski definition) is 2. The van der Waals surface area contributed by atoms with Gasteiger partial charge in [-0.25, -0.2) is 4.39 Å². The molecular formula is C23H27ClFN3O4. The Balaban J connectivity index is 1.27. The summed E-state index contributed by atoms with van der Waals surface area (Å²) in [6, 6.07) is 5.78. The third-order valence-corrected chi connectivity index (χ3v) is 6.37. The van der Waals surface area contributed by atoms with E-state index in [-0.39, 0.29) is 46.6 Å². The van der Waals surface area contributed by atoms with Crippen LogP contribution in [0, 0.1) is 18.2 Å². The summed E-state index contributed by atoms with van der Waals surface area (Å²) < 4.78 is 20.4. The van der Waals surface area contributed by atoms with Crippen LogP contribution < -0.4 is 10.1 Å². The molecule has 3 aliphatic rings. The maximum atomic E-state index is 13.5. The molecule has 0 atom stereocenters. The molecule has 3 fully saturated rings. The standard InChI is InChI=1S/C23H27ClFN3O4/c1-14-6-18(28(27-14)13-21(2,3)31)19(29)8-22-10-23(11-22,12-22)26-20(30)9-32-15-4-5-16(24)17(25)7-15/h4-7,31H,8-13H2,1-3H3,(H,26,30). The number of carbonyl (C=O) groups excluding carboxylic acids is 2. The number of rotatable bonds is 9. The van der Waals surface area contributed by atoms with E-state index in [0.29, 0.717) is 12.1 Å². The van der Waals surface area contributed by atoms with Crippen LogP contribution in [0.4, 0.5) is 4.39 Å². The van der Waals surface area contributed by atoms with Crippen LogP contribution in [0.15, 0.2) is 24.3 Å². The predicted molar refractivity (Wildman–Crippen MR) is 116 cm³/mol. The summed E-state index contributed by atoms with van der Waals surface area (Å²) in [5, 5.41) is 17.4. The predicted octanol–water partition coefficient (Wildman–Crippen LogP) is 3.45. The van der Waals surface area contributed by atoms with E-state index >= 15 is 0 Å². The second-order valence-corrected chi connectivity index (χ2v) is 10.4. The van der Waals surface area contributed by atoms with Gasteiger partial charge in [0.15, 0.2) is 12.4 Å². The smallest absolute Gasteiger partial charge is 0.258 e. The summed E-state index contributed by atoms with van der Waals surface area (Å²) in [7, 11) is 0. The molecule has 0 spiro atoms. The molecular weight excluding hydrogens is 437 g/mol. The minimum Gasteiger partial charge on any atom is -0.484 e. The Morgan fingerprint density at radius 1 is 1.31 bits per heavy atom. The minimum absolute atomic E-state index is 0.00238. The van der Waals surface area contributed by atoms with Crippen molar-refractivity contribution in [3.05, 3.63) is 46.5 Å². The number of hydrogen-bond acceptors (Lipinski definition) is 5. The summed E-state index contributed by atoms with van der Waals surface area (Å²) in [4.78, 5) is 25.2. The Hall–Kier alpha value is -2.45. The molecule has 172 valence electrons. The second-order valence-electron chi connectivity index (χ2n) is 9.96. The van der Waals surface area contributed by atoms with E-state index in [4.69, 9.17) is 16.3 Å². The lowest BCUT2D eigenvalue weighted by atomic mass is 9.38. The summed E-state index contributed by atoms with van der Waals surface area (Å²) >= 11 is 5.64. The molecule has 1 amide bonds. The molecule has 7 nitrogen and oxygen atoms in total. The number of Topliss-reactive ketones (excluding diaryl/α,β-unsaturated/α-hetero) is 1. The van der Waals surface area contributed by atoms with Gasteiger partial charge in [0, 0.05) is 18.0 Å². The molecule has 3 saturated carbocycles. The molecule has 9 heteroatoms. The highest BCUT2D eigenvalue weighted by Gasteiger charge is 2.68. The number of amides is 1. The number of ether oxygens (including phenoxy) is 1. The highest BCUT2D eigenvalue weighted by atomic mass is 35.5. The lowest BCUT2D eigenvalue weighted by molar-refractivity contribution is -0.164. The first kappa shape index (κ1) is 22.7. The third kappa shape index (κ3) is 4.66. The molecule has 0 radical (unpaired) electrons. The molecule has 32 heavy (non-hydrogen) atoms. The van der Waals surface area contributed by atoms with Crippen LogP contribution in [0.3, 0.4) is 0 Å². The topological polar surface area (TPSA) is 93.5 Å². The lowest BCUT2D eigenvalue weighted by Gasteiger charge is -2.70. The largest absolute Gasteiger partial charge is 0.484 e. The molecule has 0 saturated heterocycles. The quantitative estimate of drug-likeness (QED) is 0.555. The van der Waals surface area contributed by atoms with E-state index in [1.54, 1.807) is 24.6 Å². The van der Waals surface area contributed by atoms with Crippen molar-refractivity contribution in [2.75, 3.05) is 6.61 Å². The van der Waals surface area contributed by atoms with Gasteiger partial charge in [0.1, 0.15) is 17.3 Å². The Morgan fingerprint density at radius 2 is 2.00 bits per heavy atom. The number of benzene rings is 1. The van der Waals surface area contributed by atoms with Crippen molar-refractivity contribution in [1.29, 1.82) is 0 Å². The molecule has 2 aromatic rings. The van der Waals surface area contributed by atoms with Crippen molar-refractivity contribution in [3.63, 3.8) is 0 Å². The lowest BCUT2D eigenvalue weighted by Crippen LogP contribution is -2.75. The Bertz CT molecular complexity index is 1060. The van der Waals surface area contributed by atoms with E-state index < -0.39 is 11.4 Å². The number of aryl methyl sites for hydroxylation is 1. The van der Waals surface area contributed by atoms with E-state index in [2.05, 4.69) is 10.4 Å². The van der Waals surface area contributed by atoms with Crippen molar-refractivity contribution in [1.82, 2.24) is 15.1 Å². The number of nitrogens with one attached hydrogen (secondary N) is 1. The second kappa shape index (κ2) is 7.85. The highest BCUT2D eigenvalue weighted by Crippen LogP contribution is 2.69. The fourth-order valence-corrected chi connectivity index (χ4v) is 5.17. The van der Waals surface area contributed by atoms with Crippen LogP contribution in [0.5, 0.6) is 5.75 Å². The monoisotopic (exact) mass is 463 g/mol. The first-order valence-electron chi connectivity index (χ1n) is 10.6. The third-order valence-electron chi connectivity index (χ3n) is 6.07. The molecule has 0 unspecified atom stereocenters. The molecule has 5 rings (SSSR count). The summed E-state index contributed by atoms with van der Waals surface area (Å²) in [5.41, 5.74) is -0.106. The number of aromatic nitrogens is 2. The zero-order valence-corrected chi connectivity index (χ0v) is 19.1. The number of nitrogens with zero attached hydrogens (tertiary/aromatic N) is 2. The van der Waals surface area contributed by atoms with E-state index in [9.17, 15) is 19.1 Å². The average Bonchev–Trinajstić information content (AvgIpc) is 2.98. The molecule has 1 aromatic heterocycles. The van der Waals surface area contributed by atoms with Gasteiger partial charge < -0.3 is 15.2 Å². The van der Waals surface area contributed by atoms with Gasteiger partial charge in [0.25, 0.3) is 5.91 Å². The number of aliphatic hydroxyl groups is 1. The summed E-state index contributed by atoms with van der Waals surface area (Å²) in [6.07, 6.45) is 2.62. The van der Waals surface area contributed by atoms with Crippen LogP contribution in [0.2, 0.25) is 5.02 Å². The molecule has 2 bridgehead atoms. The van der Waals surface area contributed by atoms with Crippen LogP contribution >= 0.6 is 11.6 Å². The van der Waals surface area contributed by atoms with Crippen molar-refractivity contribution < 1.29 is 23.8 Å². The van der Waals surface area contributed by atoms with E-state index in [0.717, 1.165) is 31.0 Å². The normalized spacial score (nSPS) is 23.8. The zero-order chi connectivity index (χ0) is 23.3. The van der Waals surface area contributed by atoms with Crippen LogP contribution in [-0.4, -0.2) is 44.3 Å². The van der Waals surface area contributed by atoms with Crippen molar-refractivity contribution in [2.24, 2.45) is 5.41 Å². The molecule has 1 aromatic carbocycles. The first-order chi connectivity index (χ1) is 14.9. The van der Waals surface area contributed by atoms with Crippen molar-refractivity contribution in [2.45, 2.75) is 64.1 Å². The van der Waals surface area contributed by atoms with Gasteiger partial charge in [0.05, 0.1) is 22.9 Å². The highest BCUT2D eigenvalue weighted by molar-refractivity contribution is 6.30. The fraction of sp³-hybridized carbons (Fsp3) is 0.522. The van der Waals surface area contributed by atoms with Gasteiger partial charge in [-0.05, 0) is 63.6 Å². The first-order valence-corrected chi connectivity index (χ1v) is 10.9. The SMILES string of the molecule is Cc1cc(C(=O)CC23CC(NC(=O)COc4ccc(Cl)c(F)c4)(C2)C3)n(CC(C)(C)O)n1. The average molecular weight is 464 g/mol. The van der Waals surface area contributed by atoms with Crippen LogP contribution in [-0.2, 0) is 11.3 Å². The minimum atomic E-state index is -0.974. The number of halogens is 2. The maximum absolute atomic E-state index is 13.5. The van der Waals surface area contributed by atoms with Gasteiger partial charge in [-0.3, -0.25) is 14.3 Å². The number of ketones is 1. The molecule has 0 aliphatic heterocycles. The van der Waals surface area contributed by atoms with Gasteiger partial charge in [-0.15, -0.1) is 0 Å². The van der Waals surface area contributed by atoms with Gasteiger partial charge in [0.2, 0.25) is 0 Å². The number of carbonyl (C=O) groups is 2. The Labute approximate surface area is 190 Å². The Kier molecular flexibility index (Phi) is 5.57. The van der Waals surface area contributed by atoms with Crippen molar-refractivity contribution in [3.8, 4) is 5.75 Å². The van der Waals surface area contributed by atoms with Crippen molar-refractivity contribution >= 4 is 23.3 Å². The summed E-state index contributed by atoms with van der Waals surface area (Å²) in [5.74, 6) is -0.643. The molecule has 1 heterocycles. The van der Waals surface area contributed by atoms with Crippen LogP contribution in [0.1, 0.15) is 55.7 Å². The van der Waals surface area contributed by atoms with Gasteiger partial charge in [-0.1, -0.05) is 11.6 Å². The zero-order valence-electron chi connectivity index (χ0n) is 18.4. The van der Waals surface area contributed by atoms with Gasteiger partial charge in [-0.2, -0.15) is 5.10 Å². The molecule has 3 aliphatic carbocycles. The van der Waals surface area contributed by atoms with E-state index in [1.807, 2.05) is 6.92 Å². The fourth-order valence-electron chi connectivity index (χ4n) is 5.05. The van der Waals surface area contributed by atoms with Gasteiger partial charge >= 0.3 is 0 Å². The summed E-state index contributed by atoms with van der Waals surface area (Å²) in [6.45, 7) is 5.21. The van der Waals surface area contributed by atoms with Crippen LogP contribution in [0.25, 0.3) is 0 Å². The Morgan fingerprint density at radius 3 is 2.62 bits per heavy atom.